The predicted molar refractivity (Wildman–Crippen MR) is 67.5 cm³/mol. The van der Waals surface area contributed by atoms with E-state index < -0.39 is 0 Å². The minimum atomic E-state index is 0.198. The van der Waals surface area contributed by atoms with Crippen molar-refractivity contribution in [2.45, 2.75) is 45.1 Å². The Morgan fingerprint density at radius 3 is 2.18 bits per heavy atom. The fourth-order valence-corrected chi connectivity index (χ4v) is 4.64. The third-order valence-electron chi connectivity index (χ3n) is 5.09. The van der Waals surface area contributed by atoms with Gasteiger partial charge in [0.1, 0.15) is 0 Å². The molecule has 3 nitrogen and oxygen atoms in total. The summed E-state index contributed by atoms with van der Waals surface area (Å²) in [7, 11) is 0. The van der Waals surface area contributed by atoms with Crippen molar-refractivity contribution in [2.75, 3.05) is 13.1 Å². The van der Waals surface area contributed by atoms with Gasteiger partial charge in [0.15, 0.2) is 0 Å². The van der Waals surface area contributed by atoms with Gasteiger partial charge in [-0.2, -0.15) is 0 Å². The van der Waals surface area contributed by atoms with Gasteiger partial charge >= 0.3 is 0 Å². The topological polar surface area (TPSA) is 41.1 Å². The standard InChI is InChI=1S/C14H24N2O/c1-2-15-8-13(17)16-14-11-4-9-3-10(6-11)7-12(14)5-9/h9-12,14-15H,2-8H2,1H3,(H,16,17). The summed E-state index contributed by atoms with van der Waals surface area (Å²) in [6, 6.07) is 0.494. The van der Waals surface area contributed by atoms with Crippen LogP contribution in [0, 0.1) is 23.7 Å². The van der Waals surface area contributed by atoms with Gasteiger partial charge in [-0.05, 0) is 62.3 Å². The number of carbonyl (C=O) groups excluding carboxylic acids is 1. The molecule has 0 unspecified atom stereocenters. The summed E-state index contributed by atoms with van der Waals surface area (Å²) < 4.78 is 0. The Hall–Kier alpha value is -0.570. The minimum absolute atomic E-state index is 0.198. The molecular formula is C14H24N2O. The summed E-state index contributed by atoms with van der Waals surface area (Å²) in [5.74, 6) is 3.75. The van der Waals surface area contributed by atoms with Gasteiger partial charge in [0.25, 0.3) is 0 Å². The van der Waals surface area contributed by atoms with E-state index in [2.05, 4.69) is 10.6 Å². The van der Waals surface area contributed by atoms with E-state index in [1.807, 2.05) is 6.92 Å². The molecule has 3 heteroatoms. The molecule has 4 aliphatic rings. The largest absolute Gasteiger partial charge is 0.352 e. The van der Waals surface area contributed by atoms with Gasteiger partial charge in [0.05, 0.1) is 6.54 Å². The first-order chi connectivity index (χ1) is 8.26. The molecule has 0 aromatic carbocycles. The summed E-state index contributed by atoms with van der Waals surface area (Å²) in [5.41, 5.74) is 0. The molecule has 4 saturated carbocycles. The molecule has 0 aliphatic heterocycles. The van der Waals surface area contributed by atoms with E-state index in [1.165, 1.54) is 32.1 Å². The Morgan fingerprint density at radius 2 is 1.65 bits per heavy atom. The third kappa shape index (κ3) is 2.22. The number of likely N-dealkylation sites (N-methyl/N-ethyl adjacent to an activating group) is 1. The molecule has 4 bridgehead atoms. The van der Waals surface area contributed by atoms with Gasteiger partial charge < -0.3 is 10.6 Å². The molecule has 0 saturated heterocycles. The zero-order valence-electron chi connectivity index (χ0n) is 10.7. The second-order valence-electron chi connectivity index (χ2n) is 6.30. The van der Waals surface area contributed by atoms with Gasteiger partial charge in [-0.15, -0.1) is 0 Å². The molecule has 1 amide bonds. The number of hydrogen-bond acceptors (Lipinski definition) is 2. The van der Waals surface area contributed by atoms with Crippen LogP contribution in [0.15, 0.2) is 0 Å². The summed E-state index contributed by atoms with van der Waals surface area (Å²) in [4.78, 5) is 11.8. The normalized spacial score (nSPS) is 42.8. The van der Waals surface area contributed by atoms with Crippen molar-refractivity contribution in [1.29, 1.82) is 0 Å². The lowest BCUT2D eigenvalue weighted by Crippen LogP contribution is -2.56. The molecule has 0 radical (unpaired) electrons. The van der Waals surface area contributed by atoms with Crippen LogP contribution in [0.4, 0.5) is 0 Å². The molecular weight excluding hydrogens is 212 g/mol. The van der Waals surface area contributed by atoms with Crippen LogP contribution in [-0.2, 0) is 4.79 Å². The molecule has 0 atom stereocenters. The van der Waals surface area contributed by atoms with Crippen LogP contribution in [0.25, 0.3) is 0 Å². The van der Waals surface area contributed by atoms with Crippen LogP contribution in [0.5, 0.6) is 0 Å². The van der Waals surface area contributed by atoms with Crippen molar-refractivity contribution < 1.29 is 4.79 Å². The van der Waals surface area contributed by atoms with Crippen LogP contribution < -0.4 is 10.6 Å². The maximum Gasteiger partial charge on any atom is 0.234 e. The first-order valence-electron chi connectivity index (χ1n) is 7.26. The lowest BCUT2D eigenvalue weighted by Gasteiger charge is -2.54. The Balaban J connectivity index is 1.58. The highest BCUT2D eigenvalue weighted by Crippen LogP contribution is 2.53. The summed E-state index contributed by atoms with van der Waals surface area (Å²) in [6.45, 7) is 3.39. The van der Waals surface area contributed by atoms with Gasteiger partial charge in [0, 0.05) is 6.04 Å². The molecule has 0 aromatic heterocycles. The monoisotopic (exact) mass is 236 g/mol. The number of amides is 1. The smallest absolute Gasteiger partial charge is 0.234 e. The molecule has 4 rings (SSSR count). The maximum absolute atomic E-state index is 11.8. The van der Waals surface area contributed by atoms with E-state index in [0.717, 1.165) is 30.2 Å². The van der Waals surface area contributed by atoms with E-state index in [-0.39, 0.29) is 5.91 Å². The molecule has 4 aliphatic carbocycles. The zero-order valence-corrected chi connectivity index (χ0v) is 10.7. The lowest BCUT2D eigenvalue weighted by atomic mass is 9.54. The van der Waals surface area contributed by atoms with Crippen molar-refractivity contribution in [3.8, 4) is 0 Å². The minimum Gasteiger partial charge on any atom is -0.352 e. The molecule has 96 valence electrons. The van der Waals surface area contributed by atoms with Crippen molar-refractivity contribution in [3.05, 3.63) is 0 Å². The first-order valence-corrected chi connectivity index (χ1v) is 7.26. The van der Waals surface area contributed by atoms with Gasteiger partial charge in [0.2, 0.25) is 5.91 Å². The molecule has 4 fully saturated rings. The molecule has 2 N–H and O–H groups in total. The van der Waals surface area contributed by atoms with Crippen LogP contribution >= 0.6 is 0 Å². The number of hydrogen-bond donors (Lipinski definition) is 2. The Labute approximate surface area is 104 Å². The lowest BCUT2D eigenvalue weighted by molar-refractivity contribution is -0.124. The van der Waals surface area contributed by atoms with Gasteiger partial charge in [-0.1, -0.05) is 6.92 Å². The Bertz CT molecular complexity index is 275. The average Bonchev–Trinajstić information content (AvgIpc) is 2.30. The van der Waals surface area contributed by atoms with Crippen LogP contribution in [0.3, 0.4) is 0 Å². The van der Waals surface area contributed by atoms with E-state index >= 15 is 0 Å². The number of nitrogens with one attached hydrogen (secondary N) is 2. The summed E-state index contributed by atoms with van der Waals surface area (Å²) >= 11 is 0. The van der Waals surface area contributed by atoms with E-state index in [0.29, 0.717) is 12.6 Å². The highest BCUT2D eigenvalue weighted by molar-refractivity contribution is 5.78. The zero-order chi connectivity index (χ0) is 11.8. The second kappa shape index (κ2) is 4.60. The Morgan fingerprint density at radius 1 is 1.06 bits per heavy atom. The van der Waals surface area contributed by atoms with E-state index in [9.17, 15) is 4.79 Å². The SMILES string of the molecule is CCNCC(=O)NC1C2CC3CC(C2)CC1C3. The highest BCUT2D eigenvalue weighted by Gasteiger charge is 2.48. The van der Waals surface area contributed by atoms with E-state index in [4.69, 9.17) is 0 Å². The third-order valence-corrected chi connectivity index (χ3v) is 5.09. The molecule has 17 heavy (non-hydrogen) atoms. The van der Waals surface area contributed by atoms with Crippen molar-refractivity contribution in [1.82, 2.24) is 10.6 Å². The average molecular weight is 236 g/mol. The number of rotatable bonds is 4. The van der Waals surface area contributed by atoms with Gasteiger partial charge in [-0.3, -0.25) is 4.79 Å². The quantitative estimate of drug-likeness (QED) is 0.777. The fraction of sp³-hybridized carbons (Fsp3) is 0.929. The van der Waals surface area contributed by atoms with Crippen LogP contribution in [0.1, 0.15) is 39.0 Å². The van der Waals surface area contributed by atoms with Crippen molar-refractivity contribution in [3.63, 3.8) is 0 Å². The van der Waals surface area contributed by atoms with Crippen molar-refractivity contribution >= 4 is 5.91 Å². The van der Waals surface area contributed by atoms with Gasteiger partial charge in [-0.25, -0.2) is 0 Å². The van der Waals surface area contributed by atoms with Crippen LogP contribution in [-0.4, -0.2) is 25.0 Å². The molecule has 0 aromatic rings. The molecule has 0 spiro atoms. The maximum atomic E-state index is 11.8. The summed E-state index contributed by atoms with van der Waals surface area (Å²) in [5, 5.41) is 6.40. The Kier molecular flexibility index (Phi) is 3.12. The molecule has 0 heterocycles. The summed E-state index contributed by atoms with van der Waals surface area (Å²) in [6.07, 6.45) is 6.97. The second-order valence-corrected chi connectivity index (χ2v) is 6.30. The number of carbonyl (C=O) groups is 1. The van der Waals surface area contributed by atoms with E-state index in [1.54, 1.807) is 0 Å². The van der Waals surface area contributed by atoms with Crippen molar-refractivity contribution in [2.24, 2.45) is 23.7 Å². The predicted octanol–water partition coefficient (Wildman–Crippen LogP) is 1.54. The highest BCUT2D eigenvalue weighted by atomic mass is 16.2. The fourth-order valence-electron chi connectivity index (χ4n) is 4.64. The first kappa shape index (κ1) is 11.5. The van der Waals surface area contributed by atoms with Crippen LogP contribution in [0.2, 0.25) is 0 Å².